The quantitative estimate of drug-likeness (QED) is 0.162. The first-order valence-corrected chi connectivity index (χ1v) is 17.3. The molecular weight excluding hydrogens is 617 g/mol. The summed E-state index contributed by atoms with van der Waals surface area (Å²) in [6.07, 6.45) is 1.04. The molecule has 0 saturated heterocycles. The van der Waals surface area contributed by atoms with Crippen LogP contribution in [-0.2, 0) is 23.7 Å². The molecule has 0 fully saturated rings. The number of hydrogen-bond donors (Lipinski definition) is 2. The highest BCUT2D eigenvalue weighted by Gasteiger charge is 2.24. The number of hydrogen-bond acceptors (Lipinski definition) is 4. The van der Waals surface area contributed by atoms with Crippen LogP contribution in [0.5, 0.6) is 34.5 Å². The molecule has 0 aliphatic rings. The molecule has 0 unspecified atom stereocenters. The summed E-state index contributed by atoms with van der Waals surface area (Å²) in [7, 11) is 0. The fraction of sp³-hybridized carbons (Fsp3) is 0.217. The molecule has 0 amide bonds. The molecule has 0 heterocycles. The first kappa shape index (κ1) is 34.4. The average Bonchev–Trinajstić information content (AvgIpc) is 3.09. The summed E-state index contributed by atoms with van der Waals surface area (Å²) >= 11 is 0. The van der Waals surface area contributed by atoms with Gasteiger partial charge in [-0.1, -0.05) is 126 Å². The van der Waals surface area contributed by atoms with E-state index in [-0.39, 0.29) is 22.3 Å². The lowest BCUT2D eigenvalue weighted by molar-refractivity contribution is 0.460. The van der Waals surface area contributed by atoms with E-state index in [0.717, 1.165) is 56.0 Å². The first-order valence-electron chi connectivity index (χ1n) is 17.3. The zero-order valence-corrected chi connectivity index (χ0v) is 29.8. The zero-order valence-electron chi connectivity index (χ0n) is 29.8. The second kappa shape index (κ2) is 14.2. The van der Waals surface area contributed by atoms with E-state index in [1.54, 1.807) is 0 Å². The van der Waals surface area contributed by atoms with Crippen LogP contribution in [0.25, 0.3) is 22.3 Å². The zero-order chi connectivity index (χ0) is 35.5. The van der Waals surface area contributed by atoms with Gasteiger partial charge in [0.2, 0.25) is 0 Å². The minimum atomic E-state index is -0.170. The van der Waals surface area contributed by atoms with Crippen LogP contribution in [0.4, 0.5) is 0 Å². The lowest BCUT2D eigenvalue weighted by atomic mass is 9.81. The summed E-state index contributed by atoms with van der Waals surface area (Å²) in [5.41, 5.74) is 6.58. The molecule has 0 bridgehead atoms. The highest BCUT2D eigenvalue weighted by Crippen LogP contribution is 2.45. The van der Waals surface area contributed by atoms with Gasteiger partial charge in [0.25, 0.3) is 0 Å². The predicted molar refractivity (Wildman–Crippen MR) is 205 cm³/mol. The Kier molecular flexibility index (Phi) is 9.74. The molecule has 6 aromatic rings. The maximum Gasteiger partial charge on any atom is 0.135 e. The third-order valence-electron chi connectivity index (χ3n) is 9.07. The molecule has 6 rings (SSSR count). The molecule has 0 aromatic heterocycles. The van der Waals surface area contributed by atoms with Gasteiger partial charge in [0.15, 0.2) is 0 Å². The van der Waals surface area contributed by atoms with E-state index in [1.165, 1.54) is 0 Å². The normalized spacial score (nSPS) is 11.7. The van der Waals surface area contributed by atoms with Crippen LogP contribution in [0.2, 0.25) is 0 Å². The minimum Gasteiger partial charge on any atom is -0.507 e. The third kappa shape index (κ3) is 7.71. The van der Waals surface area contributed by atoms with Crippen LogP contribution in [0.15, 0.2) is 133 Å². The molecule has 0 aliphatic heterocycles. The van der Waals surface area contributed by atoms with Crippen molar-refractivity contribution >= 4 is 0 Å². The van der Waals surface area contributed by atoms with E-state index < -0.39 is 0 Å². The molecule has 2 N–H and O–H groups in total. The van der Waals surface area contributed by atoms with Crippen molar-refractivity contribution in [3.63, 3.8) is 0 Å². The predicted octanol–water partition coefficient (Wildman–Crippen LogP) is 12.4. The van der Waals surface area contributed by atoms with E-state index in [2.05, 4.69) is 65.8 Å². The average molecular weight is 663 g/mol. The van der Waals surface area contributed by atoms with Crippen molar-refractivity contribution in [3.8, 4) is 56.8 Å². The number of phenols is 2. The van der Waals surface area contributed by atoms with E-state index in [4.69, 9.17) is 9.47 Å². The van der Waals surface area contributed by atoms with Crippen molar-refractivity contribution in [1.29, 1.82) is 0 Å². The number of phenolic OH excluding ortho intramolecular Hbond substituents is 2. The van der Waals surface area contributed by atoms with Gasteiger partial charge >= 0.3 is 0 Å². The third-order valence-corrected chi connectivity index (χ3v) is 9.07. The van der Waals surface area contributed by atoms with Gasteiger partial charge in [0.05, 0.1) is 0 Å². The maximum atomic E-state index is 11.9. The second-order valence-electron chi connectivity index (χ2n) is 14.9. The highest BCUT2D eigenvalue weighted by molar-refractivity contribution is 5.79. The Hall–Kier alpha value is -5.48. The maximum absolute atomic E-state index is 11.9. The molecule has 0 aliphatic carbocycles. The Balaban J connectivity index is 1.41. The summed E-state index contributed by atoms with van der Waals surface area (Å²) in [6.45, 7) is 13.1. The molecule has 0 radical (unpaired) electrons. The number of aromatic hydroxyl groups is 2. The van der Waals surface area contributed by atoms with Gasteiger partial charge in [-0.05, 0) is 94.5 Å². The van der Waals surface area contributed by atoms with Crippen molar-refractivity contribution < 1.29 is 19.7 Å². The van der Waals surface area contributed by atoms with Crippen LogP contribution >= 0.6 is 0 Å². The number of para-hydroxylation sites is 4. The second-order valence-corrected chi connectivity index (χ2v) is 14.9. The van der Waals surface area contributed by atoms with Crippen molar-refractivity contribution in [1.82, 2.24) is 0 Å². The Morgan fingerprint density at radius 3 is 1.12 bits per heavy atom. The topological polar surface area (TPSA) is 58.9 Å². The van der Waals surface area contributed by atoms with Crippen LogP contribution in [-0.4, -0.2) is 10.2 Å². The number of aryl methyl sites for hydroxylation is 2. The largest absolute Gasteiger partial charge is 0.507 e. The van der Waals surface area contributed by atoms with Crippen LogP contribution in [0.3, 0.4) is 0 Å². The van der Waals surface area contributed by atoms with Gasteiger partial charge in [-0.3, -0.25) is 0 Å². The van der Waals surface area contributed by atoms with Gasteiger partial charge in [-0.2, -0.15) is 0 Å². The minimum absolute atomic E-state index is 0.170. The molecule has 254 valence electrons. The summed E-state index contributed by atoms with van der Waals surface area (Å²) < 4.78 is 12.6. The van der Waals surface area contributed by atoms with Gasteiger partial charge in [-0.15, -0.1) is 0 Å². The van der Waals surface area contributed by atoms with E-state index in [1.807, 2.05) is 109 Å². The van der Waals surface area contributed by atoms with Crippen LogP contribution < -0.4 is 9.47 Å². The standard InChI is InChI=1S/C46H46O4/c1-45(2,3)33-27-31(43(47)39(29-33)37-21-13-15-23-41(37)49-35-17-9-7-10-18-35)25-26-32-28-34(46(4,5)6)30-40(44(32)48)38-22-14-16-24-42(38)50-36-19-11-8-12-20-36/h7-24,27-30,47-48H,25-26H2,1-6H3. The molecule has 0 atom stereocenters. The number of benzene rings is 6. The van der Waals surface area contributed by atoms with E-state index in [9.17, 15) is 10.2 Å². The van der Waals surface area contributed by atoms with Crippen molar-refractivity contribution in [3.05, 3.63) is 156 Å². The number of ether oxygens (including phenoxy) is 2. The fourth-order valence-electron chi connectivity index (χ4n) is 6.10. The lowest BCUT2D eigenvalue weighted by Gasteiger charge is -2.24. The Labute approximate surface area is 296 Å². The molecule has 4 heteroatoms. The van der Waals surface area contributed by atoms with Gasteiger partial charge in [-0.25, -0.2) is 0 Å². The van der Waals surface area contributed by atoms with E-state index >= 15 is 0 Å². The summed E-state index contributed by atoms with van der Waals surface area (Å²) in [4.78, 5) is 0. The molecule has 6 aromatic carbocycles. The smallest absolute Gasteiger partial charge is 0.135 e. The molecule has 0 saturated carbocycles. The van der Waals surface area contributed by atoms with Crippen molar-refractivity contribution in [2.75, 3.05) is 0 Å². The Morgan fingerprint density at radius 2 is 0.760 bits per heavy atom. The van der Waals surface area contributed by atoms with Crippen LogP contribution in [0.1, 0.15) is 63.8 Å². The monoisotopic (exact) mass is 662 g/mol. The van der Waals surface area contributed by atoms with Crippen molar-refractivity contribution in [2.45, 2.75) is 65.2 Å². The van der Waals surface area contributed by atoms with Crippen LogP contribution in [0, 0.1) is 0 Å². The highest BCUT2D eigenvalue weighted by atomic mass is 16.5. The van der Waals surface area contributed by atoms with Crippen molar-refractivity contribution in [2.24, 2.45) is 0 Å². The molecule has 4 nitrogen and oxygen atoms in total. The number of rotatable bonds is 9. The fourth-order valence-corrected chi connectivity index (χ4v) is 6.10. The summed E-state index contributed by atoms with van der Waals surface area (Å²) in [5, 5.41) is 23.9. The molecular formula is C46H46O4. The lowest BCUT2D eigenvalue weighted by Crippen LogP contribution is -2.13. The van der Waals surface area contributed by atoms with Gasteiger partial charge in [0.1, 0.15) is 34.5 Å². The molecule has 50 heavy (non-hydrogen) atoms. The van der Waals surface area contributed by atoms with Gasteiger partial charge < -0.3 is 19.7 Å². The summed E-state index contributed by atoms with van der Waals surface area (Å²) in [6, 6.07) is 43.4. The summed E-state index contributed by atoms with van der Waals surface area (Å²) in [5.74, 6) is 3.23. The van der Waals surface area contributed by atoms with Gasteiger partial charge in [0, 0.05) is 22.3 Å². The first-order chi connectivity index (χ1) is 23.9. The van der Waals surface area contributed by atoms with E-state index in [0.29, 0.717) is 24.3 Å². The Bertz CT molecular complexity index is 1930. The Morgan fingerprint density at radius 1 is 0.420 bits per heavy atom. The molecule has 0 spiro atoms. The SMILES string of the molecule is CC(C)(C)c1cc(CCc2cc(C(C)(C)C)cc(-c3ccccc3Oc3ccccc3)c2O)c(O)c(-c2ccccc2Oc2ccccc2)c1.